The van der Waals surface area contributed by atoms with Crippen LogP contribution in [0.2, 0.25) is 0 Å². The third-order valence-corrected chi connectivity index (χ3v) is 7.83. The lowest BCUT2D eigenvalue weighted by Gasteiger charge is -2.49. The second kappa shape index (κ2) is 5.69. The first kappa shape index (κ1) is 15.6. The van der Waals surface area contributed by atoms with Crippen LogP contribution in [0.25, 0.3) is 11.3 Å². The Morgan fingerprint density at radius 2 is 2.04 bits per heavy atom. The Morgan fingerprint density at radius 1 is 1.12 bits per heavy atom. The molecular formula is C24H29N. The van der Waals surface area contributed by atoms with Gasteiger partial charge in [0.1, 0.15) is 0 Å². The SMILES string of the molecule is CCc1ccnc(-c2ccc(C)c(C3CC4CC5CCCC54C3)c2)c1. The van der Waals surface area contributed by atoms with Gasteiger partial charge in [0.05, 0.1) is 5.69 Å². The van der Waals surface area contributed by atoms with Crippen LogP contribution in [0.1, 0.15) is 68.1 Å². The predicted octanol–water partition coefficient (Wildman–Crippen LogP) is 6.30. The van der Waals surface area contributed by atoms with Gasteiger partial charge in [-0.25, -0.2) is 0 Å². The quantitative estimate of drug-likeness (QED) is 0.643. The molecule has 1 spiro atoms. The molecule has 3 saturated carbocycles. The monoisotopic (exact) mass is 331 g/mol. The number of benzene rings is 1. The van der Waals surface area contributed by atoms with E-state index < -0.39 is 0 Å². The van der Waals surface area contributed by atoms with Crippen LogP contribution in [0.5, 0.6) is 0 Å². The summed E-state index contributed by atoms with van der Waals surface area (Å²) in [6.45, 7) is 4.52. The highest BCUT2D eigenvalue weighted by molar-refractivity contribution is 5.62. The maximum atomic E-state index is 4.65. The Hall–Kier alpha value is -1.63. The molecule has 4 atom stereocenters. The van der Waals surface area contributed by atoms with Gasteiger partial charge in [-0.15, -0.1) is 0 Å². The molecular weight excluding hydrogens is 302 g/mol. The number of rotatable bonds is 3. The molecule has 0 amide bonds. The zero-order chi connectivity index (χ0) is 17.0. The van der Waals surface area contributed by atoms with E-state index in [0.29, 0.717) is 0 Å². The standard InChI is InChI=1S/C24H29N/c1-3-17-8-10-25-23(11-17)18-7-6-16(2)22(13-18)19-12-21-14-20-5-4-9-24(20,21)15-19/h6-8,10-11,13,19-21H,3-5,9,12,14-15H2,1-2H3. The van der Waals surface area contributed by atoms with Crippen molar-refractivity contribution >= 4 is 0 Å². The third-order valence-electron chi connectivity index (χ3n) is 7.83. The molecule has 0 radical (unpaired) electrons. The molecule has 1 aromatic carbocycles. The van der Waals surface area contributed by atoms with Crippen molar-refractivity contribution in [2.24, 2.45) is 17.3 Å². The molecule has 1 heterocycles. The molecule has 5 rings (SSSR count). The first-order chi connectivity index (χ1) is 12.2. The largest absolute Gasteiger partial charge is 0.256 e. The minimum Gasteiger partial charge on any atom is -0.256 e. The van der Waals surface area contributed by atoms with E-state index >= 15 is 0 Å². The summed E-state index contributed by atoms with van der Waals surface area (Å²) in [4.78, 5) is 4.65. The Kier molecular flexibility index (Phi) is 3.55. The van der Waals surface area contributed by atoms with Gasteiger partial charge in [-0.3, -0.25) is 4.98 Å². The van der Waals surface area contributed by atoms with Gasteiger partial charge in [0.15, 0.2) is 0 Å². The van der Waals surface area contributed by atoms with Crippen molar-refractivity contribution in [2.45, 2.75) is 64.7 Å². The van der Waals surface area contributed by atoms with E-state index in [9.17, 15) is 0 Å². The van der Waals surface area contributed by atoms with E-state index in [1.807, 2.05) is 6.20 Å². The smallest absolute Gasteiger partial charge is 0.0704 e. The Morgan fingerprint density at radius 3 is 2.88 bits per heavy atom. The van der Waals surface area contributed by atoms with Crippen molar-refractivity contribution in [3.63, 3.8) is 0 Å². The first-order valence-electron chi connectivity index (χ1n) is 10.3. The van der Waals surface area contributed by atoms with Gasteiger partial charge in [-0.2, -0.15) is 0 Å². The highest BCUT2D eigenvalue weighted by Crippen LogP contribution is 2.71. The van der Waals surface area contributed by atoms with Crippen LogP contribution in [0, 0.1) is 24.2 Å². The van der Waals surface area contributed by atoms with Crippen molar-refractivity contribution in [3.05, 3.63) is 53.2 Å². The number of aromatic nitrogens is 1. The van der Waals surface area contributed by atoms with Crippen molar-refractivity contribution in [2.75, 3.05) is 0 Å². The summed E-state index contributed by atoms with van der Waals surface area (Å²) < 4.78 is 0. The number of aryl methyl sites for hydroxylation is 2. The van der Waals surface area contributed by atoms with Crippen molar-refractivity contribution in [3.8, 4) is 11.3 Å². The maximum Gasteiger partial charge on any atom is 0.0704 e. The second-order valence-corrected chi connectivity index (χ2v) is 8.87. The summed E-state index contributed by atoms with van der Waals surface area (Å²) in [7, 11) is 0. The number of hydrogen-bond donors (Lipinski definition) is 0. The zero-order valence-corrected chi connectivity index (χ0v) is 15.6. The topological polar surface area (TPSA) is 12.9 Å². The minimum absolute atomic E-state index is 0.744. The fraction of sp³-hybridized carbons (Fsp3) is 0.542. The molecule has 0 bridgehead atoms. The van der Waals surface area contributed by atoms with Crippen LogP contribution >= 0.6 is 0 Å². The Balaban J connectivity index is 1.48. The first-order valence-corrected chi connectivity index (χ1v) is 10.3. The molecule has 0 N–H and O–H groups in total. The molecule has 0 aliphatic heterocycles. The summed E-state index contributed by atoms with van der Waals surface area (Å²) >= 11 is 0. The number of pyridine rings is 1. The molecule has 130 valence electrons. The minimum atomic E-state index is 0.744. The summed E-state index contributed by atoms with van der Waals surface area (Å²) in [6, 6.07) is 11.5. The van der Waals surface area contributed by atoms with E-state index in [-0.39, 0.29) is 0 Å². The van der Waals surface area contributed by atoms with Crippen molar-refractivity contribution < 1.29 is 0 Å². The highest BCUT2D eigenvalue weighted by Gasteiger charge is 2.61. The predicted molar refractivity (Wildman–Crippen MR) is 104 cm³/mol. The van der Waals surface area contributed by atoms with E-state index in [2.05, 4.69) is 49.2 Å². The fourth-order valence-corrected chi connectivity index (χ4v) is 6.46. The molecule has 3 fully saturated rings. The van der Waals surface area contributed by atoms with Crippen LogP contribution in [0.3, 0.4) is 0 Å². The molecule has 1 aromatic heterocycles. The second-order valence-electron chi connectivity index (χ2n) is 8.87. The maximum absolute atomic E-state index is 4.65. The molecule has 3 aliphatic rings. The van der Waals surface area contributed by atoms with Gasteiger partial charge in [-0.1, -0.05) is 25.5 Å². The zero-order valence-electron chi connectivity index (χ0n) is 15.6. The molecule has 1 nitrogen and oxygen atoms in total. The number of nitrogens with zero attached hydrogens (tertiary/aromatic N) is 1. The molecule has 25 heavy (non-hydrogen) atoms. The van der Waals surface area contributed by atoms with Gasteiger partial charge in [-0.05, 0) is 104 Å². The van der Waals surface area contributed by atoms with Gasteiger partial charge in [0, 0.05) is 11.8 Å². The summed E-state index contributed by atoms with van der Waals surface area (Å²) in [6.07, 6.45) is 12.0. The van der Waals surface area contributed by atoms with Crippen LogP contribution in [-0.2, 0) is 6.42 Å². The van der Waals surface area contributed by atoms with E-state index in [1.165, 1.54) is 55.2 Å². The Labute approximate surface area is 151 Å². The van der Waals surface area contributed by atoms with Gasteiger partial charge < -0.3 is 0 Å². The van der Waals surface area contributed by atoms with Gasteiger partial charge >= 0.3 is 0 Å². The lowest BCUT2D eigenvalue weighted by atomic mass is 9.56. The van der Waals surface area contributed by atoms with E-state index in [0.717, 1.165) is 35.3 Å². The average molecular weight is 332 g/mol. The van der Waals surface area contributed by atoms with Gasteiger partial charge in [0.2, 0.25) is 0 Å². The molecule has 1 heteroatoms. The highest BCUT2D eigenvalue weighted by atomic mass is 14.7. The lowest BCUT2D eigenvalue weighted by Crippen LogP contribution is -2.41. The Bertz CT molecular complexity index is 807. The fourth-order valence-electron chi connectivity index (χ4n) is 6.46. The van der Waals surface area contributed by atoms with Crippen LogP contribution in [-0.4, -0.2) is 4.98 Å². The van der Waals surface area contributed by atoms with Crippen molar-refractivity contribution in [1.29, 1.82) is 0 Å². The summed E-state index contributed by atoms with van der Waals surface area (Å²) in [5.41, 5.74) is 7.64. The summed E-state index contributed by atoms with van der Waals surface area (Å²) in [5, 5.41) is 0. The summed E-state index contributed by atoms with van der Waals surface area (Å²) in [5.74, 6) is 2.87. The van der Waals surface area contributed by atoms with Crippen LogP contribution in [0.4, 0.5) is 0 Å². The lowest BCUT2D eigenvalue weighted by molar-refractivity contribution is 0.00327. The van der Waals surface area contributed by atoms with Crippen molar-refractivity contribution in [1.82, 2.24) is 4.98 Å². The van der Waals surface area contributed by atoms with Gasteiger partial charge in [0.25, 0.3) is 0 Å². The van der Waals surface area contributed by atoms with Crippen LogP contribution in [0.15, 0.2) is 36.5 Å². The van der Waals surface area contributed by atoms with E-state index in [4.69, 9.17) is 0 Å². The molecule has 0 saturated heterocycles. The molecule has 3 aliphatic carbocycles. The van der Waals surface area contributed by atoms with E-state index in [1.54, 1.807) is 5.56 Å². The average Bonchev–Trinajstić information content (AvgIpc) is 3.11. The normalized spacial score (nSPS) is 33.0. The third kappa shape index (κ3) is 2.31. The number of hydrogen-bond acceptors (Lipinski definition) is 1. The van der Waals surface area contributed by atoms with Crippen LogP contribution < -0.4 is 0 Å². The molecule has 4 unspecified atom stereocenters. The molecule has 2 aromatic rings.